The Morgan fingerprint density at radius 3 is 2.34 bits per heavy atom. The first kappa shape index (κ1) is 25.5. The van der Waals surface area contributed by atoms with Crippen LogP contribution in [0.1, 0.15) is 40.5 Å². The fourth-order valence-corrected chi connectivity index (χ4v) is 5.47. The molecule has 0 saturated carbocycles. The molecule has 188 valence electrons. The number of piperazine rings is 1. The van der Waals surface area contributed by atoms with Gasteiger partial charge < -0.3 is 15.5 Å². The summed E-state index contributed by atoms with van der Waals surface area (Å²) in [6, 6.07) is 10.7. The number of hydrogen-bond donors (Lipinski definition) is 2. The van der Waals surface area contributed by atoms with E-state index < -0.39 is 0 Å². The normalized spacial score (nSPS) is 23.0. The molecule has 1 aromatic carbocycles. The molecule has 1 atom stereocenters. The van der Waals surface area contributed by atoms with Crippen LogP contribution in [0.3, 0.4) is 0 Å². The minimum Gasteiger partial charge on any atom is -0.368 e. The molecule has 0 spiro atoms. The van der Waals surface area contributed by atoms with E-state index in [4.69, 9.17) is 11.6 Å². The summed E-state index contributed by atoms with van der Waals surface area (Å²) in [5, 5.41) is 16.8. The highest BCUT2D eigenvalue weighted by Crippen LogP contribution is 2.38. The summed E-state index contributed by atoms with van der Waals surface area (Å²) in [6.07, 6.45) is 3.64. The van der Waals surface area contributed by atoms with Crippen molar-refractivity contribution in [3.63, 3.8) is 0 Å². The molecule has 0 aliphatic carbocycles. The van der Waals surface area contributed by atoms with E-state index in [0.717, 1.165) is 37.3 Å². The van der Waals surface area contributed by atoms with Gasteiger partial charge in [-0.2, -0.15) is 10.2 Å². The molecule has 2 aliphatic rings. The van der Waals surface area contributed by atoms with Gasteiger partial charge in [0, 0.05) is 48.1 Å². The summed E-state index contributed by atoms with van der Waals surface area (Å²) in [4.78, 5) is 15.9. The highest BCUT2D eigenvalue weighted by atomic mass is 35.5. The summed E-state index contributed by atoms with van der Waals surface area (Å²) in [5.74, 6) is 1.15. The standard InChI is InChI=1S/C26H37ClN8/c1-25(2)13-19(14-26(3,4)34(25)6)30-23-22(27)16-29-24(32-23)31-18-7-9-20(10-8-18)35-12-11-33(5)21(15-28)17-35/h7-10,16,19,21H,11-14,17H2,1-6H3,(H2,29,30,31,32). The molecular weight excluding hydrogens is 460 g/mol. The van der Waals surface area contributed by atoms with Gasteiger partial charge in [-0.3, -0.25) is 9.80 Å². The minimum absolute atomic E-state index is 0.0682. The van der Waals surface area contributed by atoms with E-state index in [0.29, 0.717) is 23.3 Å². The number of nitriles is 1. The van der Waals surface area contributed by atoms with Gasteiger partial charge in [0.2, 0.25) is 5.95 Å². The topological polar surface area (TPSA) is 83.3 Å². The van der Waals surface area contributed by atoms with Gasteiger partial charge >= 0.3 is 0 Å². The second-order valence-electron chi connectivity index (χ2n) is 11.1. The highest BCUT2D eigenvalue weighted by Gasteiger charge is 2.43. The molecule has 2 fully saturated rings. The Morgan fingerprint density at radius 1 is 1.06 bits per heavy atom. The van der Waals surface area contributed by atoms with Crippen molar-refractivity contribution in [2.24, 2.45) is 0 Å². The molecule has 0 amide bonds. The van der Waals surface area contributed by atoms with Gasteiger partial charge in [0.1, 0.15) is 11.1 Å². The molecule has 35 heavy (non-hydrogen) atoms. The first-order chi connectivity index (χ1) is 16.5. The molecule has 2 saturated heterocycles. The number of nitrogens with zero attached hydrogens (tertiary/aromatic N) is 6. The molecule has 1 unspecified atom stereocenters. The summed E-state index contributed by atoms with van der Waals surface area (Å²) in [6.45, 7) is 11.6. The van der Waals surface area contributed by atoms with E-state index in [-0.39, 0.29) is 23.2 Å². The molecule has 0 bridgehead atoms. The zero-order chi connectivity index (χ0) is 25.4. The molecule has 4 rings (SSSR count). The molecule has 2 aromatic rings. The van der Waals surface area contributed by atoms with Gasteiger partial charge in [-0.25, -0.2) is 4.98 Å². The van der Waals surface area contributed by atoms with Crippen molar-refractivity contribution in [1.29, 1.82) is 5.26 Å². The summed E-state index contributed by atoms with van der Waals surface area (Å²) in [5.41, 5.74) is 2.14. The monoisotopic (exact) mass is 496 g/mol. The van der Waals surface area contributed by atoms with Crippen molar-refractivity contribution in [3.05, 3.63) is 35.5 Å². The van der Waals surface area contributed by atoms with Gasteiger partial charge in [-0.05, 0) is 78.9 Å². The van der Waals surface area contributed by atoms with E-state index in [1.165, 1.54) is 0 Å². The maximum atomic E-state index is 9.38. The van der Waals surface area contributed by atoms with Gasteiger partial charge in [0.15, 0.2) is 5.82 Å². The summed E-state index contributed by atoms with van der Waals surface area (Å²) in [7, 11) is 4.20. The van der Waals surface area contributed by atoms with Gasteiger partial charge in [0.05, 0.1) is 12.3 Å². The lowest BCUT2D eigenvalue weighted by Crippen LogP contribution is -2.61. The number of anilines is 4. The molecule has 1 aromatic heterocycles. The summed E-state index contributed by atoms with van der Waals surface area (Å²) < 4.78 is 0. The van der Waals surface area contributed by atoms with Gasteiger partial charge in [0.25, 0.3) is 0 Å². The molecule has 2 N–H and O–H groups in total. The second kappa shape index (κ2) is 9.81. The Kier molecular flexibility index (Phi) is 7.14. The molecule has 3 heterocycles. The molecule has 9 heteroatoms. The number of hydrogen-bond acceptors (Lipinski definition) is 8. The predicted octanol–water partition coefficient (Wildman–Crippen LogP) is 4.58. The van der Waals surface area contributed by atoms with E-state index in [2.05, 4.69) is 88.2 Å². The zero-order valence-electron chi connectivity index (χ0n) is 21.6. The maximum Gasteiger partial charge on any atom is 0.229 e. The van der Waals surface area contributed by atoms with E-state index in [1.54, 1.807) is 6.20 Å². The van der Waals surface area contributed by atoms with Crippen LogP contribution in [0.25, 0.3) is 0 Å². The summed E-state index contributed by atoms with van der Waals surface area (Å²) >= 11 is 6.47. The van der Waals surface area contributed by atoms with Crippen molar-refractivity contribution in [2.75, 3.05) is 49.3 Å². The van der Waals surface area contributed by atoms with Crippen molar-refractivity contribution in [2.45, 2.75) is 63.7 Å². The van der Waals surface area contributed by atoms with Crippen LogP contribution in [0.4, 0.5) is 23.1 Å². The number of likely N-dealkylation sites (N-methyl/N-ethyl adjacent to an activating group) is 1. The molecule has 8 nitrogen and oxygen atoms in total. The molecule has 0 radical (unpaired) electrons. The fraction of sp³-hybridized carbons (Fsp3) is 0.577. The van der Waals surface area contributed by atoms with Crippen LogP contribution >= 0.6 is 11.6 Å². The van der Waals surface area contributed by atoms with Crippen LogP contribution in [0.2, 0.25) is 5.02 Å². The highest BCUT2D eigenvalue weighted by molar-refractivity contribution is 6.32. The SMILES string of the molecule is CN1CCN(c2ccc(Nc3ncc(Cl)c(NC4CC(C)(C)N(C)C(C)(C)C4)n3)cc2)CC1C#N. The number of rotatable bonds is 5. The third kappa shape index (κ3) is 5.64. The smallest absolute Gasteiger partial charge is 0.229 e. The number of aromatic nitrogens is 2. The average Bonchev–Trinajstić information content (AvgIpc) is 2.80. The Morgan fingerprint density at radius 2 is 1.71 bits per heavy atom. The quantitative estimate of drug-likeness (QED) is 0.622. The largest absolute Gasteiger partial charge is 0.368 e. The average molecular weight is 497 g/mol. The van der Waals surface area contributed by atoms with Crippen molar-refractivity contribution in [1.82, 2.24) is 19.8 Å². The Balaban J connectivity index is 1.43. The maximum absolute atomic E-state index is 9.38. The Labute approximate surface area is 214 Å². The fourth-order valence-electron chi connectivity index (χ4n) is 5.33. The number of benzene rings is 1. The number of halogens is 1. The van der Waals surface area contributed by atoms with Crippen LogP contribution < -0.4 is 15.5 Å². The van der Waals surface area contributed by atoms with Crippen molar-refractivity contribution < 1.29 is 0 Å². The first-order valence-corrected chi connectivity index (χ1v) is 12.6. The lowest BCUT2D eigenvalue weighted by Gasteiger charge is -2.53. The van der Waals surface area contributed by atoms with E-state index in [9.17, 15) is 5.26 Å². The number of nitrogens with one attached hydrogen (secondary N) is 2. The van der Waals surface area contributed by atoms with Crippen LogP contribution in [-0.4, -0.2) is 76.7 Å². The van der Waals surface area contributed by atoms with Crippen LogP contribution in [0, 0.1) is 11.3 Å². The van der Waals surface area contributed by atoms with Crippen LogP contribution in [0.5, 0.6) is 0 Å². The number of piperidine rings is 1. The zero-order valence-corrected chi connectivity index (χ0v) is 22.4. The van der Waals surface area contributed by atoms with E-state index >= 15 is 0 Å². The third-order valence-corrected chi connectivity index (χ3v) is 7.96. The second-order valence-corrected chi connectivity index (χ2v) is 11.5. The predicted molar refractivity (Wildman–Crippen MR) is 144 cm³/mol. The first-order valence-electron chi connectivity index (χ1n) is 12.2. The van der Waals surface area contributed by atoms with Gasteiger partial charge in [-0.15, -0.1) is 0 Å². The lowest BCUT2D eigenvalue weighted by molar-refractivity contribution is -0.00772. The lowest BCUT2D eigenvalue weighted by atomic mass is 9.77. The number of likely N-dealkylation sites (tertiary alicyclic amines) is 1. The Bertz CT molecular complexity index is 1060. The molecule has 2 aliphatic heterocycles. The Hall–Kier alpha value is -2.60. The van der Waals surface area contributed by atoms with E-state index in [1.807, 2.05) is 19.2 Å². The van der Waals surface area contributed by atoms with Crippen molar-refractivity contribution in [3.8, 4) is 6.07 Å². The van der Waals surface area contributed by atoms with Crippen molar-refractivity contribution >= 4 is 34.7 Å². The van der Waals surface area contributed by atoms with Gasteiger partial charge in [-0.1, -0.05) is 11.6 Å². The third-order valence-electron chi connectivity index (χ3n) is 7.68. The van der Waals surface area contributed by atoms with Crippen LogP contribution in [-0.2, 0) is 0 Å². The molecular formula is C26H37ClN8. The van der Waals surface area contributed by atoms with Crippen LogP contribution in [0.15, 0.2) is 30.5 Å². The minimum atomic E-state index is -0.0874.